The van der Waals surface area contributed by atoms with E-state index in [2.05, 4.69) is 34.9 Å². The smallest absolute Gasteiger partial charge is 0.237 e. The highest BCUT2D eigenvalue weighted by atomic mass is 35.5. The number of ether oxygens (including phenoxy) is 1. The predicted octanol–water partition coefficient (Wildman–Crippen LogP) is 0.620. The summed E-state index contributed by atoms with van der Waals surface area (Å²) < 4.78 is 9.69. The van der Waals surface area contributed by atoms with Crippen molar-refractivity contribution >= 4 is 35.0 Å². The van der Waals surface area contributed by atoms with Gasteiger partial charge in [0.15, 0.2) is 5.01 Å². The largest absolute Gasteiger partial charge is 0.389 e. The molecule has 0 aliphatic carbocycles. The van der Waals surface area contributed by atoms with Gasteiger partial charge in [-0.3, -0.25) is 0 Å². The van der Waals surface area contributed by atoms with E-state index in [1.54, 1.807) is 6.20 Å². The minimum atomic E-state index is -0.590. The van der Waals surface area contributed by atoms with Gasteiger partial charge in [0.1, 0.15) is 5.69 Å². The zero-order valence-corrected chi connectivity index (χ0v) is 15.6. The van der Waals surface area contributed by atoms with Crippen LogP contribution in [0, 0.1) is 0 Å². The standard InChI is InChI=1S/C15H20ClN7O2S/c16-9-7-18-14(19-10-1-6-25-8-11(10)24)20-12(9)13-21-15(22-26-13)23-4-2-17-3-5-23/h7,10-11,17,24H,1-6,8H2,(H,18,19,20)/t10-,11-/m1/s1. The Morgan fingerprint density at radius 1 is 1.35 bits per heavy atom. The van der Waals surface area contributed by atoms with E-state index in [0.29, 0.717) is 47.3 Å². The summed E-state index contributed by atoms with van der Waals surface area (Å²) in [5.41, 5.74) is 0.546. The zero-order valence-electron chi connectivity index (χ0n) is 14.1. The van der Waals surface area contributed by atoms with Crippen molar-refractivity contribution in [3.8, 4) is 10.7 Å². The van der Waals surface area contributed by atoms with Crippen molar-refractivity contribution in [2.45, 2.75) is 18.6 Å². The van der Waals surface area contributed by atoms with Crippen molar-refractivity contribution in [2.24, 2.45) is 0 Å². The number of rotatable bonds is 4. The number of aliphatic hydroxyl groups excluding tert-OH is 1. The van der Waals surface area contributed by atoms with E-state index in [1.165, 1.54) is 11.5 Å². The molecule has 2 aliphatic rings. The first-order chi connectivity index (χ1) is 12.7. The summed E-state index contributed by atoms with van der Waals surface area (Å²) in [6.07, 6.45) is 1.64. The van der Waals surface area contributed by atoms with E-state index < -0.39 is 6.10 Å². The number of nitrogens with zero attached hydrogens (tertiary/aromatic N) is 5. The summed E-state index contributed by atoms with van der Waals surface area (Å²) in [6.45, 7) is 4.50. The molecule has 2 saturated heterocycles. The lowest BCUT2D eigenvalue weighted by Gasteiger charge is -2.28. The monoisotopic (exact) mass is 397 g/mol. The maximum absolute atomic E-state index is 10.0. The second kappa shape index (κ2) is 7.97. The molecule has 2 fully saturated rings. The molecule has 4 rings (SSSR count). The van der Waals surface area contributed by atoms with Gasteiger partial charge >= 0.3 is 0 Å². The SMILES string of the molecule is O[C@@H]1COCC[C@H]1Nc1ncc(Cl)c(-c2nc(N3CCNCC3)ns2)n1. The number of aliphatic hydroxyl groups is 1. The lowest BCUT2D eigenvalue weighted by molar-refractivity contribution is -0.0136. The van der Waals surface area contributed by atoms with Crippen LogP contribution in [-0.4, -0.2) is 76.0 Å². The van der Waals surface area contributed by atoms with Gasteiger partial charge in [-0.05, 0) is 18.0 Å². The first kappa shape index (κ1) is 17.8. The minimum Gasteiger partial charge on any atom is -0.389 e. The maximum Gasteiger partial charge on any atom is 0.237 e. The van der Waals surface area contributed by atoms with E-state index in [4.69, 9.17) is 16.3 Å². The molecule has 2 aliphatic heterocycles. The third kappa shape index (κ3) is 3.89. The number of nitrogens with one attached hydrogen (secondary N) is 2. The lowest BCUT2D eigenvalue weighted by atomic mass is 10.1. The van der Waals surface area contributed by atoms with Gasteiger partial charge in [0.05, 0.1) is 30.0 Å². The topological polar surface area (TPSA) is 108 Å². The highest BCUT2D eigenvalue weighted by Gasteiger charge is 2.25. The van der Waals surface area contributed by atoms with Crippen LogP contribution in [0.15, 0.2) is 6.20 Å². The molecule has 0 spiro atoms. The molecule has 0 radical (unpaired) electrons. The summed E-state index contributed by atoms with van der Waals surface area (Å²) in [4.78, 5) is 15.5. The molecule has 11 heteroatoms. The molecule has 0 amide bonds. The van der Waals surface area contributed by atoms with Crippen molar-refractivity contribution in [3.05, 3.63) is 11.2 Å². The van der Waals surface area contributed by atoms with Crippen LogP contribution in [0.5, 0.6) is 0 Å². The Labute approximate surface area is 159 Å². The molecule has 4 heterocycles. The number of piperazine rings is 1. The molecule has 0 unspecified atom stereocenters. The van der Waals surface area contributed by atoms with Crippen LogP contribution < -0.4 is 15.5 Å². The third-order valence-corrected chi connectivity index (χ3v) is 5.39. The number of halogens is 1. The van der Waals surface area contributed by atoms with E-state index >= 15 is 0 Å². The highest BCUT2D eigenvalue weighted by Crippen LogP contribution is 2.30. The van der Waals surface area contributed by atoms with Gasteiger partial charge in [-0.1, -0.05) is 11.6 Å². The molecule has 9 nitrogen and oxygen atoms in total. The summed E-state index contributed by atoms with van der Waals surface area (Å²) in [7, 11) is 0. The van der Waals surface area contributed by atoms with Gasteiger partial charge in [0.2, 0.25) is 11.9 Å². The third-order valence-electron chi connectivity index (χ3n) is 4.40. The second-order valence-corrected chi connectivity index (χ2v) is 7.37. The molecule has 0 aromatic carbocycles. The fourth-order valence-corrected chi connectivity index (χ4v) is 3.87. The molecule has 0 saturated carbocycles. The van der Waals surface area contributed by atoms with Crippen LogP contribution in [0.4, 0.5) is 11.9 Å². The zero-order chi connectivity index (χ0) is 17.9. The quantitative estimate of drug-likeness (QED) is 0.684. The van der Waals surface area contributed by atoms with Crippen molar-refractivity contribution < 1.29 is 9.84 Å². The van der Waals surface area contributed by atoms with Gasteiger partial charge in [-0.2, -0.15) is 9.36 Å². The van der Waals surface area contributed by atoms with E-state index in [0.717, 1.165) is 26.2 Å². The Kier molecular flexibility index (Phi) is 5.46. The predicted molar refractivity (Wildman–Crippen MR) is 99.9 cm³/mol. The summed E-state index contributed by atoms with van der Waals surface area (Å²) in [5, 5.41) is 17.6. The number of hydrogen-bond donors (Lipinski definition) is 3. The number of anilines is 2. The van der Waals surface area contributed by atoms with Crippen LogP contribution in [0.2, 0.25) is 5.02 Å². The van der Waals surface area contributed by atoms with Crippen LogP contribution in [0.3, 0.4) is 0 Å². The molecular weight excluding hydrogens is 378 g/mol. The first-order valence-corrected chi connectivity index (χ1v) is 9.70. The number of hydrogen-bond acceptors (Lipinski definition) is 10. The average Bonchev–Trinajstić information content (AvgIpc) is 3.16. The average molecular weight is 398 g/mol. The van der Waals surface area contributed by atoms with Crippen molar-refractivity contribution in [1.29, 1.82) is 0 Å². The highest BCUT2D eigenvalue weighted by molar-refractivity contribution is 7.09. The molecular formula is C15H20ClN7O2S. The maximum atomic E-state index is 10.0. The molecule has 3 N–H and O–H groups in total. The van der Waals surface area contributed by atoms with E-state index in [9.17, 15) is 5.11 Å². The Morgan fingerprint density at radius 2 is 2.19 bits per heavy atom. The van der Waals surface area contributed by atoms with Crippen molar-refractivity contribution in [2.75, 3.05) is 49.6 Å². The Morgan fingerprint density at radius 3 is 3.00 bits per heavy atom. The molecule has 0 bridgehead atoms. The van der Waals surface area contributed by atoms with Crippen LogP contribution >= 0.6 is 23.1 Å². The molecule has 2 aromatic heterocycles. The fourth-order valence-electron chi connectivity index (χ4n) is 2.95. The van der Waals surface area contributed by atoms with Gasteiger partial charge in [0, 0.05) is 32.8 Å². The Hall–Kier alpha value is -1.59. The first-order valence-electron chi connectivity index (χ1n) is 8.55. The summed E-state index contributed by atoms with van der Waals surface area (Å²) in [5.74, 6) is 1.12. The number of aromatic nitrogens is 4. The second-order valence-electron chi connectivity index (χ2n) is 6.21. The van der Waals surface area contributed by atoms with E-state index in [1.807, 2.05) is 0 Å². The van der Waals surface area contributed by atoms with Crippen molar-refractivity contribution in [3.63, 3.8) is 0 Å². The van der Waals surface area contributed by atoms with Crippen molar-refractivity contribution in [1.82, 2.24) is 24.6 Å². The molecule has 140 valence electrons. The normalized spacial score (nSPS) is 23.8. The fraction of sp³-hybridized carbons (Fsp3) is 0.600. The van der Waals surface area contributed by atoms with E-state index in [-0.39, 0.29) is 6.04 Å². The minimum absolute atomic E-state index is 0.149. The van der Waals surface area contributed by atoms with Gasteiger partial charge in [-0.25, -0.2) is 9.97 Å². The van der Waals surface area contributed by atoms with Crippen LogP contribution in [0.1, 0.15) is 6.42 Å². The Bertz CT molecular complexity index is 755. The van der Waals surface area contributed by atoms with Crippen LogP contribution in [0.25, 0.3) is 10.7 Å². The van der Waals surface area contributed by atoms with Gasteiger partial charge in [-0.15, -0.1) is 0 Å². The van der Waals surface area contributed by atoms with Gasteiger partial charge in [0.25, 0.3) is 0 Å². The van der Waals surface area contributed by atoms with Gasteiger partial charge < -0.3 is 25.4 Å². The Balaban J connectivity index is 1.53. The molecule has 2 atom stereocenters. The molecule has 26 heavy (non-hydrogen) atoms. The summed E-state index contributed by atoms with van der Waals surface area (Å²) >= 11 is 7.56. The summed E-state index contributed by atoms with van der Waals surface area (Å²) in [6, 6.07) is -0.149. The molecule has 2 aromatic rings. The lowest BCUT2D eigenvalue weighted by Crippen LogP contribution is -2.44. The van der Waals surface area contributed by atoms with Crippen LogP contribution in [-0.2, 0) is 4.74 Å².